The van der Waals surface area contributed by atoms with Crippen molar-refractivity contribution in [2.24, 2.45) is 0 Å². The van der Waals surface area contributed by atoms with Gasteiger partial charge >= 0.3 is 12.1 Å². The van der Waals surface area contributed by atoms with Crippen molar-refractivity contribution in [1.82, 2.24) is 10.3 Å². The topological polar surface area (TPSA) is 109 Å². The number of amides is 1. The van der Waals surface area contributed by atoms with Gasteiger partial charge in [0.15, 0.2) is 6.04 Å². The van der Waals surface area contributed by atoms with E-state index in [1.807, 2.05) is 0 Å². The van der Waals surface area contributed by atoms with Crippen molar-refractivity contribution in [1.29, 1.82) is 0 Å². The van der Waals surface area contributed by atoms with Crippen LogP contribution in [0.1, 0.15) is 32.6 Å². The van der Waals surface area contributed by atoms with E-state index in [0.29, 0.717) is 0 Å². The van der Waals surface area contributed by atoms with Gasteiger partial charge in [-0.2, -0.15) is 0 Å². The SMILES string of the molecule is CC(C)(C)OC(=O)N[C@@H](C(=O)O)[C@@H](O)c1ccccn1. The van der Waals surface area contributed by atoms with Gasteiger partial charge in [-0.3, -0.25) is 4.98 Å². The van der Waals surface area contributed by atoms with E-state index in [4.69, 9.17) is 9.84 Å². The zero-order valence-electron chi connectivity index (χ0n) is 11.5. The number of pyridine rings is 1. The standard InChI is InChI=1S/C13H18N2O5/c1-13(2,3)20-12(19)15-9(11(17)18)10(16)8-6-4-5-7-14-8/h4-7,9-10,16H,1-3H3,(H,15,19)(H,17,18)/t9-,10+/m1/s1. The van der Waals surface area contributed by atoms with Gasteiger partial charge in [0.1, 0.15) is 11.7 Å². The fourth-order valence-electron chi connectivity index (χ4n) is 1.43. The van der Waals surface area contributed by atoms with E-state index in [1.54, 1.807) is 32.9 Å². The number of aliphatic carboxylic acids is 1. The maximum absolute atomic E-state index is 11.6. The number of alkyl carbamates (subject to hydrolysis) is 1. The van der Waals surface area contributed by atoms with Gasteiger partial charge in [-0.25, -0.2) is 9.59 Å². The molecular weight excluding hydrogens is 264 g/mol. The lowest BCUT2D eigenvalue weighted by Crippen LogP contribution is -2.47. The summed E-state index contributed by atoms with van der Waals surface area (Å²) in [4.78, 5) is 26.6. The van der Waals surface area contributed by atoms with Crippen LogP contribution in [0.4, 0.5) is 4.79 Å². The summed E-state index contributed by atoms with van der Waals surface area (Å²) in [5, 5.41) is 21.2. The number of carboxylic acid groups (broad SMARTS) is 1. The minimum absolute atomic E-state index is 0.149. The Bertz CT molecular complexity index is 469. The molecule has 3 N–H and O–H groups in total. The van der Waals surface area contributed by atoms with Crippen LogP contribution in [0.5, 0.6) is 0 Å². The predicted molar refractivity (Wildman–Crippen MR) is 70.0 cm³/mol. The monoisotopic (exact) mass is 282 g/mol. The van der Waals surface area contributed by atoms with Crippen LogP contribution in [0, 0.1) is 0 Å². The summed E-state index contributed by atoms with van der Waals surface area (Å²) < 4.78 is 4.96. The number of carbonyl (C=O) groups is 2. The maximum Gasteiger partial charge on any atom is 0.408 e. The molecule has 0 saturated heterocycles. The normalized spacial score (nSPS) is 14.2. The van der Waals surface area contributed by atoms with Crippen LogP contribution < -0.4 is 5.32 Å². The number of carboxylic acids is 1. The summed E-state index contributed by atoms with van der Waals surface area (Å²) in [6.45, 7) is 4.95. The number of aliphatic hydroxyl groups excluding tert-OH is 1. The Morgan fingerprint density at radius 3 is 2.45 bits per heavy atom. The van der Waals surface area contributed by atoms with E-state index in [0.717, 1.165) is 0 Å². The van der Waals surface area contributed by atoms with E-state index >= 15 is 0 Å². The Kier molecular flexibility index (Phi) is 5.04. The van der Waals surface area contributed by atoms with Gasteiger partial charge in [0.05, 0.1) is 5.69 Å². The van der Waals surface area contributed by atoms with Crippen molar-refractivity contribution < 1.29 is 24.5 Å². The number of nitrogens with zero attached hydrogens (tertiary/aromatic N) is 1. The summed E-state index contributed by atoms with van der Waals surface area (Å²) in [5.74, 6) is -1.38. The average Bonchev–Trinajstić information content (AvgIpc) is 2.34. The average molecular weight is 282 g/mol. The lowest BCUT2D eigenvalue weighted by atomic mass is 10.1. The second kappa shape index (κ2) is 6.33. The second-order valence-corrected chi connectivity index (χ2v) is 5.16. The molecule has 2 atom stereocenters. The summed E-state index contributed by atoms with van der Waals surface area (Å²) in [6, 6.07) is 3.17. The second-order valence-electron chi connectivity index (χ2n) is 5.16. The summed E-state index contributed by atoms with van der Waals surface area (Å²) >= 11 is 0. The molecule has 1 heterocycles. The highest BCUT2D eigenvalue weighted by atomic mass is 16.6. The molecule has 0 spiro atoms. The van der Waals surface area contributed by atoms with E-state index < -0.39 is 29.8 Å². The van der Waals surface area contributed by atoms with Crippen LogP contribution in [0.15, 0.2) is 24.4 Å². The first-order valence-electron chi connectivity index (χ1n) is 6.02. The van der Waals surface area contributed by atoms with Crippen molar-refractivity contribution in [3.05, 3.63) is 30.1 Å². The molecule has 1 aromatic heterocycles. The number of ether oxygens (including phenoxy) is 1. The number of nitrogens with one attached hydrogen (secondary N) is 1. The van der Waals surface area contributed by atoms with Crippen molar-refractivity contribution in [3.8, 4) is 0 Å². The van der Waals surface area contributed by atoms with Crippen molar-refractivity contribution in [2.75, 3.05) is 0 Å². The zero-order chi connectivity index (χ0) is 15.3. The molecule has 0 unspecified atom stereocenters. The molecule has 110 valence electrons. The van der Waals surface area contributed by atoms with Gasteiger partial charge < -0.3 is 20.3 Å². The van der Waals surface area contributed by atoms with Gasteiger partial charge in [0, 0.05) is 6.20 Å². The van der Waals surface area contributed by atoms with Crippen LogP contribution in [-0.4, -0.2) is 38.9 Å². The number of carbonyl (C=O) groups excluding carboxylic acids is 1. The van der Waals surface area contributed by atoms with E-state index in [1.165, 1.54) is 12.3 Å². The van der Waals surface area contributed by atoms with Crippen LogP contribution >= 0.6 is 0 Å². The molecule has 0 fully saturated rings. The van der Waals surface area contributed by atoms with Gasteiger partial charge in [-0.05, 0) is 32.9 Å². The highest BCUT2D eigenvalue weighted by Crippen LogP contribution is 2.15. The first-order valence-corrected chi connectivity index (χ1v) is 6.02. The Morgan fingerprint density at radius 1 is 1.35 bits per heavy atom. The highest BCUT2D eigenvalue weighted by molar-refractivity contribution is 5.80. The predicted octanol–water partition coefficient (Wildman–Crippen LogP) is 1.09. The van der Waals surface area contributed by atoms with Gasteiger partial charge in [0.2, 0.25) is 0 Å². The molecule has 0 aliphatic rings. The van der Waals surface area contributed by atoms with Crippen LogP contribution in [0.25, 0.3) is 0 Å². The minimum atomic E-state index is -1.54. The zero-order valence-corrected chi connectivity index (χ0v) is 11.5. The third kappa shape index (κ3) is 4.85. The minimum Gasteiger partial charge on any atom is -0.480 e. The van der Waals surface area contributed by atoms with Crippen LogP contribution in [0.3, 0.4) is 0 Å². The van der Waals surface area contributed by atoms with Crippen molar-refractivity contribution in [2.45, 2.75) is 38.5 Å². The molecular formula is C13H18N2O5. The molecule has 0 saturated carbocycles. The molecule has 1 aromatic rings. The largest absolute Gasteiger partial charge is 0.480 e. The van der Waals surface area contributed by atoms with E-state index in [-0.39, 0.29) is 5.69 Å². The Balaban J connectivity index is 2.80. The number of rotatable bonds is 4. The number of hydrogen-bond donors (Lipinski definition) is 3. The molecule has 0 aliphatic heterocycles. The quantitative estimate of drug-likeness (QED) is 0.762. The van der Waals surface area contributed by atoms with Crippen LogP contribution in [-0.2, 0) is 9.53 Å². The highest BCUT2D eigenvalue weighted by Gasteiger charge is 2.31. The molecule has 1 amide bonds. The first-order chi connectivity index (χ1) is 9.20. The molecule has 0 aromatic carbocycles. The van der Waals surface area contributed by atoms with Crippen molar-refractivity contribution >= 4 is 12.1 Å². The lowest BCUT2D eigenvalue weighted by molar-refractivity contribution is -0.142. The molecule has 7 heteroatoms. The fraction of sp³-hybridized carbons (Fsp3) is 0.462. The summed E-state index contributed by atoms with van der Waals surface area (Å²) in [6.07, 6.45) is -0.966. The number of aliphatic hydroxyl groups is 1. The lowest BCUT2D eigenvalue weighted by Gasteiger charge is -2.24. The van der Waals surface area contributed by atoms with Gasteiger partial charge in [-0.15, -0.1) is 0 Å². The first kappa shape index (κ1) is 15.9. The van der Waals surface area contributed by atoms with Gasteiger partial charge in [-0.1, -0.05) is 6.07 Å². The Hall–Kier alpha value is -2.15. The summed E-state index contributed by atoms with van der Waals surface area (Å²) in [5.41, 5.74) is -0.612. The van der Waals surface area contributed by atoms with Crippen molar-refractivity contribution in [3.63, 3.8) is 0 Å². The van der Waals surface area contributed by atoms with Gasteiger partial charge in [0.25, 0.3) is 0 Å². The maximum atomic E-state index is 11.6. The summed E-state index contributed by atoms with van der Waals surface area (Å²) in [7, 11) is 0. The third-order valence-electron chi connectivity index (χ3n) is 2.24. The molecule has 20 heavy (non-hydrogen) atoms. The molecule has 1 rings (SSSR count). The Morgan fingerprint density at radius 2 is 2.00 bits per heavy atom. The molecule has 0 aliphatic carbocycles. The molecule has 0 radical (unpaired) electrons. The van der Waals surface area contributed by atoms with Crippen LogP contribution in [0.2, 0.25) is 0 Å². The van der Waals surface area contributed by atoms with E-state index in [2.05, 4.69) is 10.3 Å². The third-order valence-corrected chi connectivity index (χ3v) is 2.24. The number of aromatic nitrogens is 1. The Labute approximate surface area is 116 Å². The number of hydrogen-bond acceptors (Lipinski definition) is 5. The smallest absolute Gasteiger partial charge is 0.408 e. The molecule has 7 nitrogen and oxygen atoms in total. The fourth-order valence-corrected chi connectivity index (χ4v) is 1.43. The van der Waals surface area contributed by atoms with E-state index in [9.17, 15) is 14.7 Å². The molecule has 0 bridgehead atoms.